The molecule has 0 aromatic rings. The highest BCUT2D eigenvalue weighted by molar-refractivity contribution is 5.43. The summed E-state index contributed by atoms with van der Waals surface area (Å²) in [5.74, 6) is 0.109. The maximum absolute atomic E-state index is 13.3. The first-order valence-electron chi connectivity index (χ1n) is 4.54. The maximum Gasteiger partial charge on any atom is 0.126 e. The van der Waals surface area contributed by atoms with Crippen LogP contribution in [0.3, 0.4) is 0 Å². The molecule has 0 saturated carbocycles. The fourth-order valence-corrected chi connectivity index (χ4v) is 1.60. The molecule has 0 radical (unpaired) electrons. The molecule has 0 aliphatic heterocycles. The monoisotopic (exact) mass is 178 g/mol. The van der Waals surface area contributed by atoms with Gasteiger partial charge in [0.25, 0.3) is 0 Å². The van der Waals surface area contributed by atoms with Crippen molar-refractivity contribution in [2.24, 2.45) is 5.92 Å². The lowest BCUT2D eigenvalue weighted by Gasteiger charge is -2.18. The number of rotatable bonds is 3. The summed E-state index contributed by atoms with van der Waals surface area (Å²) in [6, 6.07) is 0. The summed E-state index contributed by atoms with van der Waals surface area (Å²) < 4.78 is 13.3. The van der Waals surface area contributed by atoms with Crippen molar-refractivity contribution in [1.29, 1.82) is 0 Å². The van der Waals surface area contributed by atoms with E-state index in [0.29, 0.717) is 5.57 Å². The zero-order valence-electron chi connectivity index (χ0n) is 8.02. The van der Waals surface area contributed by atoms with Gasteiger partial charge < -0.3 is 0 Å². The summed E-state index contributed by atoms with van der Waals surface area (Å²) in [5, 5.41) is 0. The van der Waals surface area contributed by atoms with Crippen molar-refractivity contribution < 1.29 is 4.39 Å². The summed E-state index contributed by atoms with van der Waals surface area (Å²) in [5.41, 5.74) is 1.78. The highest BCUT2D eigenvalue weighted by Gasteiger charge is 2.16. The van der Waals surface area contributed by atoms with Gasteiger partial charge in [0.05, 0.1) is 0 Å². The first-order valence-corrected chi connectivity index (χ1v) is 4.54. The third-order valence-electron chi connectivity index (χ3n) is 2.45. The average Bonchev–Trinajstić information content (AvgIpc) is 2.16. The second-order valence-electron chi connectivity index (χ2n) is 3.26. The molecule has 0 heterocycles. The molecule has 1 aliphatic rings. The summed E-state index contributed by atoms with van der Waals surface area (Å²) in [7, 11) is 0. The predicted molar refractivity (Wildman–Crippen MR) is 55.0 cm³/mol. The molecule has 0 saturated heterocycles. The number of hydrogen-bond donors (Lipinski definition) is 0. The number of halogens is 1. The maximum atomic E-state index is 13.3. The third kappa shape index (κ3) is 1.97. The van der Waals surface area contributed by atoms with Gasteiger partial charge >= 0.3 is 0 Å². The zero-order chi connectivity index (χ0) is 9.84. The molecule has 0 bridgehead atoms. The Hall–Kier alpha value is -1.11. The van der Waals surface area contributed by atoms with Crippen molar-refractivity contribution >= 4 is 0 Å². The van der Waals surface area contributed by atoms with E-state index in [0.717, 1.165) is 18.4 Å². The lowest BCUT2D eigenvalue weighted by molar-refractivity contribution is 0.621. The molecule has 0 spiro atoms. The molecule has 13 heavy (non-hydrogen) atoms. The summed E-state index contributed by atoms with van der Waals surface area (Å²) in [6.07, 6.45) is 6.77. The van der Waals surface area contributed by atoms with Gasteiger partial charge in [0, 0.05) is 5.57 Å². The molecule has 1 heteroatoms. The minimum atomic E-state index is -0.134. The molecule has 1 rings (SSSR count). The van der Waals surface area contributed by atoms with Crippen LogP contribution in [0.15, 0.2) is 48.4 Å². The molecule has 0 aromatic heterocycles. The number of allylic oxidation sites excluding steroid dienone is 6. The smallest absolute Gasteiger partial charge is 0.126 e. The van der Waals surface area contributed by atoms with Gasteiger partial charge in [-0.3, -0.25) is 0 Å². The van der Waals surface area contributed by atoms with Crippen molar-refractivity contribution in [3.05, 3.63) is 48.4 Å². The van der Waals surface area contributed by atoms with Crippen LogP contribution in [0.2, 0.25) is 0 Å². The van der Waals surface area contributed by atoms with Crippen LogP contribution in [-0.4, -0.2) is 0 Å². The van der Waals surface area contributed by atoms with Crippen molar-refractivity contribution in [1.82, 2.24) is 0 Å². The predicted octanol–water partition coefficient (Wildman–Crippen LogP) is 3.94. The van der Waals surface area contributed by atoms with Crippen LogP contribution in [0.4, 0.5) is 4.39 Å². The van der Waals surface area contributed by atoms with E-state index >= 15 is 0 Å². The third-order valence-corrected chi connectivity index (χ3v) is 2.45. The lowest BCUT2D eigenvalue weighted by Crippen LogP contribution is -2.03. The highest BCUT2D eigenvalue weighted by atomic mass is 19.1. The fourth-order valence-electron chi connectivity index (χ4n) is 1.60. The molecule has 0 N–H and O–H groups in total. The molecule has 1 unspecified atom stereocenters. The molecule has 0 fully saturated rings. The van der Waals surface area contributed by atoms with Crippen LogP contribution in [0.5, 0.6) is 0 Å². The van der Waals surface area contributed by atoms with E-state index in [1.165, 1.54) is 0 Å². The lowest BCUT2D eigenvalue weighted by atomic mass is 9.88. The van der Waals surface area contributed by atoms with Crippen LogP contribution in [0, 0.1) is 5.92 Å². The van der Waals surface area contributed by atoms with E-state index in [1.807, 2.05) is 13.0 Å². The van der Waals surface area contributed by atoms with Crippen molar-refractivity contribution in [3.8, 4) is 0 Å². The highest BCUT2D eigenvalue weighted by Crippen LogP contribution is 2.31. The van der Waals surface area contributed by atoms with Gasteiger partial charge in [-0.05, 0) is 24.8 Å². The first kappa shape index (κ1) is 9.97. The number of hydrogen-bond acceptors (Lipinski definition) is 0. The topological polar surface area (TPSA) is 0 Å². The Morgan fingerprint density at radius 3 is 2.77 bits per heavy atom. The van der Waals surface area contributed by atoms with Gasteiger partial charge in [-0.25, -0.2) is 4.39 Å². The molecule has 0 nitrogen and oxygen atoms in total. The minimum Gasteiger partial charge on any atom is -0.207 e. The van der Waals surface area contributed by atoms with Gasteiger partial charge in [-0.1, -0.05) is 31.2 Å². The zero-order valence-corrected chi connectivity index (χ0v) is 8.02. The van der Waals surface area contributed by atoms with Crippen molar-refractivity contribution in [2.45, 2.75) is 19.8 Å². The van der Waals surface area contributed by atoms with Gasteiger partial charge in [0.2, 0.25) is 0 Å². The molecule has 70 valence electrons. The average molecular weight is 178 g/mol. The van der Waals surface area contributed by atoms with E-state index in [-0.39, 0.29) is 11.7 Å². The van der Waals surface area contributed by atoms with Crippen molar-refractivity contribution in [2.75, 3.05) is 0 Å². The van der Waals surface area contributed by atoms with E-state index in [2.05, 4.69) is 13.2 Å². The molecular formula is C12H15F. The summed E-state index contributed by atoms with van der Waals surface area (Å²) in [4.78, 5) is 0. The molecule has 1 atom stereocenters. The van der Waals surface area contributed by atoms with E-state index in [1.54, 1.807) is 12.2 Å². The minimum absolute atomic E-state index is 0.134. The van der Waals surface area contributed by atoms with Crippen LogP contribution in [0.1, 0.15) is 19.8 Å². The van der Waals surface area contributed by atoms with Crippen LogP contribution in [0.25, 0.3) is 0 Å². The standard InChI is InChI=1S/C12H15F/c1-4-9(3)11-7-6-8-12(13)10(11)5-2/h4-5,8-9H,1-2,6-7H2,3H3. The normalized spacial score (nSPS) is 19.4. The first-order chi connectivity index (χ1) is 6.20. The Balaban J connectivity index is 3.07. The van der Waals surface area contributed by atoms with Crippen molar-refractivity contribution in [3.63, 3.8) is 0 Å². The molecule has 0 aromatic carbocycles. The Kier molecular flexibility index (Phi) is 3.24. The Morgan fingerprint density at radius 1 is 1.54 bits per heavy atom. The SMILES string of the molecule is C=CC1=C(C(C)C=C)CCC=C1F. The Bertz CT molecular complexity index is 281. The Morgan fingerprint density at radius 2 is 2.23 bits per heavy atom. The van der Waals surface area contributed by atoms with Gasteiger partial charge in [-0.15, -0.1) is 6.58 Å². The quantitative estimate of drug-likeness (QED) is 0.574. The summed E-state index contributed by atoms with van der Waals surface area (Å²) >= 11 is 0. The van der Waals surface area contributed by atoms with Crippen LogP contribution < -0.4 is 0 Å². The van der Waals surface area contributed by atoms with Crippen LogP contribution in [-0.2, 0) is 0 Å². The second-order valence-corrected chi connectivity index (χ2v) is 3.26. The fraction of sp³-hybridized carbons (Fsp3) is 0.333. The van der Waals surface area contributed by atoms with Gasteiger partial charge in [-0.2, -0.15) is 0 Å². The second kappa shape index (κ2) is 4.22. The van der Waals surface area contributed by atoms with Gasteiger partial charge in [0.15, 0.2) is 0 Å². The van der Waals surface area contributed by atoms with E-state index in [4.69, 9.17) is 0 Å². The Labute approximate surface area is 79.2 Å². The largest absolute Gasteiger partial charge is 0.207 e. The van der Waals surface area contributed by atoms with E-state index in [9.17, 15) is 4.39 Å². The van der Waals surface area contributed by atoms with Crippen LogP contribution >= 0.6 is 0 Å². The molecular weight excluding hydrogens is 163 g/mol. The summed E-state index contributed by atoms with van der Waals surface area (Å²) in [6.45, 7) is 9.38. The molecule has 0 amide bonds. The molecule has 1 aliphatic carbocycles. The van der Waals surface area contributed by atoms with E-state index < -0.39 is 0 Å². The van der Waals surface area contributed by atoms with Gasteiger partial charge in [0.1, 0.15) is 5.83 Å².